The van der Waals surface area contributed by atoms with Crippen LogP contribution in [0.5, 0.6) is 5.75 Å². The lowest BCUT2D eigenvalue weighted by molar-refractivity contribution is 0.0240. The Labute approximate surface area is 245 Å². The molecular weight excluding hydrogens is 544 g/mol. The smallest absolute Gasteiger partial charge is 0.410 e. The van der Waals surface area contributed by atoms with Crippen molar-refractivity contribution in [2.45, 2.75) is 71.1 Å². The van der Waals surface area contributed by atoms with Crippen LogP contribution in [-0.4, -0.2) is 77.2 Å². The van der Waals surface area contributed by atoms with Crippen LogP contribution in [0, 0.1) is 11.3 Å². The Morgan fingerprint density at radius 2 is 1.78 bits per heavy atom. The van der Waals surface area contributed by atoms with Gasteiger partial charge >= 0.3 is 12.1 Å². The van der Waals surface area contributed by atoms with Gasteiger partial charge in [-0.25, -0.2) is 14.6 Å². The van der Waals surface area contributed by atoms with Crippen LogP contribution >= 0.6 is 11.3 Å². The summed E-state index contributed by atoms with van der Waals surface area (Å²) in [6.45, 7) is 8.20. The van der Waals surface area contributed by atoms with Crippen molar-refractivity contribution in [3.63, 3.8) is 0 Å². The van der Waals surface area contributed by atoms with Crippen LogP contribution in [0.4, 0.5) is 14.7 Å². The van der Waals surface area contributed by atoms with Crippen LogP contribution in [0.1, 0.15) is 68.9 Å². The van der Waals surface area contributed by atoms with Gasteiger partial charge in [0.05, 0.1) is 11.8 Å². The third-order valence-electron chi connectivity index (χ3n) is 6.93. The van der Waals surface area contributed by atoms with Gasteiger partial charge in [-0.15, -0.1) is 11.3 Å². The van der Waals surface area contributed by atoms with E-state index in [1.54, 1.807) is 29.2 Å². The van der Waals surface area contributed by atoms with E-state index < -0.39 is 11.6 Å². The standard InChI is InChI=1S/C29H38N6O5S/c1-29(2,3)40-28(38)34-17-15-33(16-18-34)27-32-22(20-41-27)19-39-24-11-9-21(10-12-24)25(36)35(26(37)31-14-13-30)23-7-5-4-6-8-23/h9-12,20,23H,4-8,14-19H2,1-3H3,(H,31,37). The first-order valence-corrected chi connectivity index (χ1v) is 14.9. The van der Waals surface area contributed by atoms with Crippen LogP contribution in [0.2, 0.25) is 0 Å². The number of thiazole rings is 1. The molecule has 1 N–H and O–H groups in total. The topological polar surface area (TPSA) is 128 Å². The number of amides is 4. The number of anilines is 1. The second-order valence-corrected chi connectivity index (χ2v) is 12.0. The number of benzene rings is 1. The molecule has 1 aromatic carbocycles. The van der Waals surface area contributed by atoms with E-state index in [0.717, 1.165) is 42.9 Å². The molecule has 2 aromatic rings. The van der Waals surface area contributed by atoms with Crippen LogP contribution in [0.25, 0.3) is 0 Å². The van der Waals surface area contributed by atoms with Gasteiger partial charge in [-0.05, 0) is 57.9 Å². The van der Waals surface area contributed by atoms with Gasteiger partial charge in [0.2, 0.25) is 0 Å². The van der Waals surface area contributed by atoms with Gasteiger partial charge in [-0.3, -0.25) is 9.69 Å². The molecule has 2 fully saturated rings. The molecule has 0 spiro atoms. The van der Waals surface area contributed by atoms with Gasteiger partial charge in [0.25, 0.3) is 5.91 Å². The van der Waals surface area contributed by atoms with Crippen LogP contribution in [0.15, 0.2) is 29.6 Å². The van der Waals surface area contributed by atoms with E-state index in [2.05, 4.69) is 10.2 Å². The van der Waals surface area contributed by atoms with Gasteiger partial charge in [0.15, 0.2) is 5.13 Å². The largest absolute Gasteiger partial charge is 0.487 e. The zero-order valence-electron chi connectivity index (χ0n) is 23.9. The number of nitrogens with one attached hydrogen (secondary N) is 1. The van der Waals surface area contributed by atoms with E-state index in [1.165, 1.54) is 16.2 Å². The molecule has 4 rings (SSSR count). The fourth-order valence-electron chi connectivity index (χ4n) is 4.87. The first kappa shape index (κ1) is 30.1. The highest BCUT2D eigenvalue weighted by molar-refractivity contribution is 7.13. The molecule has 11 nitrogen and oxygen atoms in total. The molecule has 2 aliphatic rings. The Morgan fingerprint density at radius 3 is 2.41 bits per heavy atom. The van der Waals surface area contributed by atoms with E-state index in [-0.39, 0.29) is 31.2 Å². The number of nitrogens with zero attached hydrogens (tertiary/aromatic N) is 5. The number of rotatable bonds is 7. The second kappa shape index (κ2) is 13.7. The Kier molecular flexibility index (Phi) is 10.0. The number of piperazine rings is 1. The lowest BCUT2D eigenvalue weighted by atomic mass is 9.94. The molecule has 0 radical (unpaired) electrons. The monoisotopic (exact) mass is 582 g/mol. The highest BCUT2D eigenvalue weighted by atomic mass is 32.1. The molecule has 1 aromatic heterocycles. The minimum Gasteiger partial charge on any atom is -0.487 e. The van der Waals surface area contributed by atoms with E-state index in [1.807, 2.05) is 32.2 Å². The summed E-state index contributed by atoms with van der Waals surface area (Å²) in [7, 11) is 0. The summed E-state index contributed by atoms with van der Waals surface area (Å²) in [4.78, 5) is 48.2. The molecule has 2 heterocycles. The van der Waals surface area contributed by atoms with Gasteiger partial charge in [-0.2, -0.15) is 5.26 Å². The van der Waals surface area contributed by atoms with E-state index in [9.17, 15) is 14.4 Å². The van der Waals surface area contributed by atoms with Crippen molar-refractivity contribution in [1.82, 2.24) is 20.1 Å². The van der Waals surface area contributed by atoms with E-state index in [4.69, 9.17) is 19.7 Å². The highest BCUT2D eigenvalue weighted by Crippen LogP contribution is 2.26. The maximum Gasteiger partial charge on any atom is 0.410 e. The molecular formula is C29H38N6O5S. The third kappa shape index (κ3) is 8.33. The highest BCUT2D eigenvalue weighted by Gasteiger charge is 2.32. The van der Waals surface area contributed by atoms with Crippen molar-refractivity contribution < 1.29 is 23.9 Å². The molecule has 0 unspecified atom stereocenters. The number of carbonyl (C=O) groups excluding carboxylic acids is 3. The molecule has 0 bridgehead atoms. The first-order chi connectivity index (χ1) is 19.6. The van der Waals surface area contributed by atoms with Crippen LogP contribution in [0.3, 0.4) is 0 Å². The van der Waals surface area contributed by atoms with Crippen molar-refractivity contribution in [1.29, 1.82) is 5.26 Å². The fourth-order valence-corrected chi connectivity index (χ4v) is 5.73. The number of aromatic nitrogens is 1. The molecule has 1 saturated heterocycles. The lowest BCUT2D eigenvalue weighted by Crippen LogP contribution is -2.50. The zero-order chi connectivity index (χ0) is 29.4. The number of ether oxygens (including phenoxy) is 2. The van der Waals surface area contributed by atoms with Crippen molar-refractivity contribution in [2.75, 3.05) is 37.6 Å². The summed E-state index contributed by atoms with van der Waals surface area (Å²) < 4.78 is 11.4. The quantitative estimate of drug-likeness (QED) is 0.462. The van der Waals surface area contributed by atoms with Crippen molar-refractivity contribution in [3.8, 4) is 11.8 Å². The van der Waals surface area contributed by atoms with Gasteiger partial charge in [0, 0.05) is 43.2 Å². The Bertz CT molecular complexity index is 1240. The summed E-state index contributed by atoms with van der Waals surface area (Å²) in [5, 5.41) is 14.2. The number of hydrogen-bond donors (Lipinski definition) is 1. The molecule has 220 valence electrons. The number of imide groups is 1. The Balaban J connectivity index is 1.30. The van der Waals surface area contributed by atoms with Gasteiger partial charge < -0.3 is 24.6 Å². The number of nitriles is 1. The normalized spacial score (nSPS) is 16.0. The molecule has 1 aliphatic heterocycles. The maximum atomic E-state index is 13.3. The predicted molar refractivity (Wildman–Crippen MR) is 155 cm³/mol. The van der Waals surface area contributed by atoms with Crippen LogP contribution < -0.4 is 15.0 Å². The third-order valence-corrected chi connectivity index (χ3v) is 7.88. The number of urea groups is 1. The van der Waals surface area contributed by atoms with Gasteiger partial charge in [0.1, 0.15) is 24.5 Å². The molecule has 1 saturated carbocycles. The SMILES string of the molecule is CC(C)(C)OC(=O)N1CCN(c2nc(COc3ccc(C(=O)N(C(=O)NCC#N)C4CCCCC4)cc3)cs2)CC1. The Morgan fingerprint density at radius 1 is 1.10 bits per heavy atom. The van der Waals surface area contributed by atoms with E-state index >= 15 is 0 Å². The van der Waals surface area contributed by atoms with Crippen molar-refractivity contribution in [2.24, 2.45) is 0 Å². The summed E-state index contributed by atoms with van der Waals surface area (Å²) in [5.41, 5.74) is 0.660. The molecule has 0 atom stereocenters. The number of hydrogen-bond acceptors (Lipinski definition) is 9. The predicted octanol–water partition coefficient (Wildman–Crippen LogP) is 4.79. The maximum absolute atomic E-state index is 13.3. The summed E-state index contributed by atoms with van der Waals surface area (Å²) in [6, 6.07) is 7.91. The average Bonchev–Trinajstić information content (AvgIpc) is 3.44. The molecule has 41 heavy (non-hydrogen) atoms. The van der Waals surface area contributed by atoms with Gasteiger partial charge in [-0.1, -0.05) is 19.3 Å². The second-order valence-electron chi connectivity index (χ2n) is 11.2. The van der Waals surface area contributed by atoms with E-state index in [0.29, 0.717) is 37.5 Å². The molecule has 12 heteroatoms. The zero-order valence-corrected chi connectivity index (χ0v) is 24.7. The number of carbonyl (C=O) groups is 3. The van der Waals surface area contributed by atoms with Crippen molar-refractivity contribution in [3.05, 3.63) is 40.9 Å². The average molecular weight is 583 g/mol. The van der Waals surface area contributed by atoms with Crippen molar-refractivity contribution >= 4 is 34.5 Å². The minimum absolute atomic E-state index is 0.150. The lowest BCUT2D eigenvalue weighted by Gasteiger charge is -2.35. The summed E-state index contributed by atoms with van der Waals surface area (Å²) >= 11 is 1.53. The fraction of sp³-hybridized carbons (Fsp3) is 0.552. The summed E-state index contributed by atoms with van der Waals surface area (Å²) in [5.74, 6) is 0.204. The Hall–Kier alpha value is -3.85. The van der Waals surface area contributed by atoms with Crippen LogP contribution in [-0.2, 0) is 11.3 Å². The first-order valence-electron chi connectivity index (χ1n) is 14.0. The summed E-state index contributed by atoms with van der Waals surface area (Å²) in [6.07, 6.45) is 4.27. The molecule has 4 amide bonds. The minimum atomic E-state index is -0.533. The molecule has 1 aliphatic carbocycles.